The first-order chi connectivity index (χ1) is 9.63. The van der Waals surface area contributed by atoms with Crippen molar-refractivity contribution in [3.05, 3.63) is 53.6 Å². The van der Waals surface area contributed by atoms with E-state index in [9.17, 15) is 0 Å². The van der Waals surface area contributed by atoms with Gasteiger partial charge >= 0.3 is 0 Å². The van der Waals surface area contributed by atoms with Crippen LogP contribution in [0.3, 0.4) is 0 Å². The van der Waals surface area contributed by atoms with Crippen molar-refractivity contribution in [2.24, 2.45) is 5.73 Å². The predicted molar refractivity (Wildman–Crippen MR) is 76.8 cm³/mol. The molecule has 0 saturated heterocycles. The standard InChI is InChI=1S/C16H16N2O2/c1-11(18)13-4-3-5-14(9-13)20-15-7-6-12(10-17)8-16(15)19-2/h3-9,11H,18H2,1-2H3. The van der Waals surface area contributed by atoms with Gasteiger partial charge < -0.3 is 15.2 Å². The van der Waals surface area contributed by atoms with Crippen molar-refractivity contribution in [1.29, 1.82) is 5.26 Å². The Hall–Kier alpha value is -2.51. The molecule has 0 heterocycles. The summed E-state index contributed by atoms with van der Waals surface area (Å²) in [5.41, 5.74) is 7.38. The molecule has 0 aliphatic heterocycles. The largest absolute Gasteiger partial charge is 0.493 e. The van der Waals surface area contributed by atoms with E-state index in [1.54, 1.807) is 25.3 Å². The van der Waals surface area contributed by atoms with Gasteiger partial charge in [0.2, 0.25) is 0 Å². The molecule has 1 unspecified atom stereocenters. The van der Waals surface area contributed by atoms with Crippen LogP contribution in [0, 0.1) is 11.3 Å². The van der Waals surface area contributed by atoms with Crippen molar-refractivity contribution in [1.82, 2.24) is 0 Å². The van der Waals surface area contributed by atoms with Crippen LogP contribution in [0.5, 0.6) is 17.2 Å². The molecule has 0 saturated carbocycles. The Balaban J connectivity index is 2.30. The third kappa shape index (κ3) is 3.08. The molecule has 0 fully saturated rings. The van der Waals surface area contributed by atoms with Crippen LogP contribution in [0.4, 0.5) is 0 Å². The Morgan fingerprint density at radius 2 is 1.95 bits per heavy atom. The maximum atomic E-state index is 8.88. The summed E-state index contributed by atoms with van der Waals surface area (Å²) < 4.78 is 11.0. The van der Waals surface area contributed by atoms with Crippen molar-refractivity contribution < 1.29 is 9.47 Å². The van der Waals surface area contributed by atoms with Crippen LogP contribution < -0.4 is 15.2 Å². The van der Waals surface area contributed by atoms with E-state index in [-0.39, 0.29) is 6.04 Å². The van der Waals surface area contributed by atoms with E-state index in [1.165, 1.54) is 0 Å². The van der Waals surface area contributed by atoms with Crippen molar-refractivity contribution in [3.63, 3.8) is 0 Å². The molecular formula is C16H16N2O2. The first-order valence-electron chi connectivity index (χ1n) is 6.25. The molecule has 0 aliphatic rings. The molecule has 1 atom stereocenters. The minimum absolute atomic E-state index is 0.0542. The number of rotatable bonds is 4. The fourth-order valence-electron chi connectivity index (χ4n) is 1.81. The molecule has 2 aromatic rings. The molecule has 2 rings (SSSR count). The van der Waals surface area contributed by atoms with Crippen LogP contribution in [0.1, 0.15) is 24.1 Å². The van der Waals surface area contributed by atoms with Gasteiger partial charge in [0.25, 0.3) is 0 Å². The van der Waals surface area contributed by atoms with Crippen LogP contribution in [0.2, 0.25) is 0 Å². The summed E-state index contributed by atoms with van der Waals surface area (Å²) in [6, 6.07) is 14.6. The number of methoxy groups -OCH3 is 1. The lowest BCUT2D eigenvalue weighted by molar-refractivity contribution is 0.378. The molecule has 0 radical (unpaired) electrons. The van der Waals surface area contributed by atoms with Crippen LogP contribution in [0.25, 0.3) is 0 Å². The van der Waals surface area contributed by atoms with Gasteiger partial charge in [0, 0.05) is 12.1 Å². The summed E-state index contributed by atoms with van der Waals surface area (Å²) in [6.45, 7) is 1.92. The van der Waals surface area contributed by atoms with Crippen molar-refractivity contribution in [2.75, 3.05) is 7.11 Å². The molecule has 4 nitrogen and oxygen atoms in total. The first-order valence-corrected chi connectivity index (χ1v) is 6.25. The topological polar surface area (TPSA) is 68.3 Å². The number of ether oxygens (including phenoxy) is 2. The number of nitriles is 1. The zero-order valence-corrected chi connectivity index (χ0v) is 11.5. The molecular weight excluding hydrogens is 252 g/mol. The Kier molecular flexibility index (Phi) is 4.24. The number of hydrogen-bond donors (Lipinski definition) is 1. The second-order valence-corrected chi connectivity index (χ2v) is 4.44. The molecule has 2 aromatic carbocycles. The average Bonchev–Trinajstić information content (AvgIpc) is 2.48. The van der Waals surface area contributed by atoms with Gasteiger partial charge in [-0.3, -0.25) is 0 Å². The molecule has 0 bridgehead atoms. The fraction of sp³-hybridized carbons (Fsp3) is 0.188. The zero-order chi connectivity index (χ0) is 14.5. The van der Waals surface area contributed by atoms with Crippen molar-refractivity contribution in [3.8, 4) is 23.3 Å². The van der Waals surface area contributed by atoms with E-state index >= 15 is 0 Å². The Morgan fingerprint density at radius 3 is 2.60 bits per heavy atom. The van der Waals surface area contributed by atoms with Crippen molar-refractivity contribution >= 4 is 0 Å². The van der Waals surface area contributed by atoms with E-state index in [0.717, 1.165) is 5.56 Å². The van der Waals surface area contributed by atoms with Crippen LogP contribution >= 0.6 is 0 Å². The average molecular weight is 268 g/mol. The van der Waals surface area contributed by atoms with E-state index in [0.29, 0.717) is 22.8 Å². The quantitative estimate of drug-likeness (QED) is 0.923. The highest BCUT2D eigenvalue weighted by atomic mass is 16.5. The lowest BCUT2D eigenvalue weighted by Crippen LogP contribution is -2.04. The summed E-state index contributed by atoms with van der Waals surface area (Å²) >= 11 is 0. The molecule has 0 amide bonds. The van der Waals surface area contributed by atoms with Gasteiger partial charge in [-0.1, -0.05) is 12.1 Å². The summed E-state index contributed by atoms with van der Waals surface area (Å²) in [6.07, 6.45) is 0. The number of nitrogens with two attached hydrogens (primary N) is 1. The number of benzene rings is 2. The minimum atomic E-state index is -0.0542. The Labute approximate surface area is 118 Å². The minimum Gasteiger partial charge on any atom is -0.493 e. The van der Waals surface area contributed by atoms with Gasteiger partial charge in [-0.25, -0.2) is 0 Å². The van der Waals surface area contributed by atoms with Gasteiger partial charge in [-0.2, -0.15) is 5.26 Å². The van der Waals surface area contributed by atoms with Crippen LogP contribution in [0.15, 0.2) is 42.5 Å². The van der Waals surface area contributed by atoms with Crippen molar-refractivity contribution in [2.45, 2.75) is 13.0 Å². The molecule has 102 valence electrons. The molecule has 0 spiro atoms. The highest BCUT2D eigenvalue weighted by Gasteiger charge is 2.08. The number of hydrogen-bond acceptors (Lipinski definition) is 4. The third-order valence-electron chi connectivity index (χ3n) is 2.90. The zero-order valence-electron chi connectivity index (χ0n) is 11.5. The van der Waals surface area contributed by atoms with Crippen LogP contribution in [-0.2, 0) is 0 Å². The summed E-state index contributed by atoms with van der Waals surface area (Å²) in [5, 5.41) is 8.88. The second-order valence-electron chi connectivity index (χ2n) is 4.44. The molecule has 0 aliphatic carbocycles. The monoisotopic (exact) mass is 268 g/mol. The van der Waals surface area contributed by atoms with E-state index in [1.807, 2.05) is 31.2 Å². The maximum Gasteiger partial charge on any atom is 0.169 e. The lowest BCUT2D eigenvalue weighted by atomic mass is 10.1. The highest BCUT2D eigenvalue weighted by molar-refractivity contribution is 5.48. The molecule has 0 aromatic heterocycles. The summed E-state index contributed by atoms with van der Waals surface area (Å²) in [7, 11) is 1.54. The van der Waals surface area contributed by atoms with Gasteiger partial charge in [-0.05, 0) is 36.8 Å². The van der Waals surface area contributed by atoms with E-state index in [2.05, 4.69) is 6.07 Å². The van der Waals surface area contributed by atoms with E-state index in [4.69, 9.17) is 20.5 Å². The molecule has 20 heavy (non-hydrogen) atoms. The highest BCUT2D eigenvalue weighted by Crippen LogP contribution is 2.32. The third-order valence-corrected chi connectivity index (χ3v) is 2.90. The second kappa shape index (κ2) is 6.09. The molecule has 2 N–H and O–H groups in total. The predicted octanol–water partition coefficient (Wildman–Crippen LogP) is 3.38. The SMILES string of the molecule is COc1cc(C#N)ccc1Oc1cccc(C(C)N)c1. The Bertz CT molecular complexity index is 645. The maximum absolute atomic E-state index is 8.88. The first kappa shape index (κ1) is 13.9. The summed E-state index contributed by atoms with van der Waals surface area (Å²) in [5.74, 6) is 1.77. The molecule has 4 heteroatoms. The summed E-state index contributed by atoms with van der Waals surface area (Å²) in [4.78, 5) is 0. The van der Waals surface area contributed by atoms with Gasteiger partial charge in [0.05, 0.1) is 18.7 Å². The van der Waals surface area contributed by atoms with Crippen LogP contribution in [-0.4, -0.2) is 7.11 Å². The smallest absolute Gasteiger partial charge is 0.169 e. The van der Waals surface area contributed by atoms with Gasteiger partial charge in [-0.15, -0.1) is 0 Å². The lowest BCUT2D eigenvalue weighted by Gasteiger charge is -2.12. The van der Waals surface area contributed by atoms with E-state index < -0.39 is 0 Å². The van der Waals surface area contributed by atoms with Gasteiger partial charge in [0.1, 0.15) is 5.75 Å². The van der Waals surface area contributed by atoms with Gasteiger partial charge in [0.15, 0.2) is 11.5 Å². The number of nitrogens with zero attached hydrogens (tertiary/aromatic N) is 1. The normalized spacial score (nSPS) is 11.5. The Morgan fingerprint density at radius 1 is 1.15 bits per heavy atom. The fourth-order valence-corrected chi connectivity index (χ4v) is 1.81.